The average Bonchev–Trinajstić information content (AvgIpc) is 3.25. The Morgan fingerprint density at radius 1 is 0.919 bits per heavy atom. The van der Waals surface area contributed by atoms with Gasteiger partial charge in [-0.1, -0.05) is 57.2 Å². The van der Waals surface area contributed by atoms with Crippen molar-refractivity contribution < 1.29 is 14.2 Å². The molecule has 4 aromatic rings. The highest BCUT2D eigenvalue weighted by Gasteiger charge is 2.14. The average molecular weight is 499 g/mol. The smallest absolute Gasteiger partial charge is 0.161 e. The van der Waals surface area contributed by atoms with Crippen LogP contribution in [0.1, 0.15) is 50.6 Å². The minimum Gasteiger partial charge on any atom is -0.494 e. The minimum absolute atomic E-state index is 0.146. The largest absolute Gasteiger partial charge is 0.494 e. The summed E-state index contributed by atoms with van der Waals surface area (Å²) >= 11 is 0. The molecule has 3 aromatic carbocycles. The number of methoxy groups -OCH3 is 1. The van der Waals surface area contributed by atoms with Crippen LogP contribution < -0.4 is 14.2 Å². The van der Waals surface area contributed by atoms with Gasteiger partial charge in [0.15, 0.2) is 11.5 Å². The van der Waals surface area contributed by atoms with E-state index in [9.17, 15) is 0 Å². The minimum atomic E-state index is 0.146. The predicted molar refractivity (Wildman–Crippen MR) is 151 cm³/mol. The van der Waals surface area contributed by atoms with Gasteiger partial charge in [-0.2, -0.15) is 0 Å². The molecule has 0 fully saturated rings. The number of nitrogens with zero attached hydrogens (tertiary/aromatic N) is 2. The van der Waals surface area contributed by atoms with Gasteiger partial charge in [-0.3, -0.25) is 0 Å². The van der Waals surface area contributed by atoms with Crippen LogP contribution in [-0.2, 0) is 25.0 Å². The zero-order valence-electron chi connectivity index (χ0n) is 22.5. The summed E-state index contributed by atoms with van der Waals surface area (Å²) in [6.45, 7) is 12.4. The quantitative estimate of drug-likeness (QED) is 0.150. The Morgan fingerprint density at radius 2 is 1.70 bits per heavy atom. The summed E-state index contributed by atoms with van der Waals surface area (Å²) in [5.41, 5.74) is 4.69. The summed E-state index contributed by atoms with van der Waals surface area (Å²) in [5.74, 6) is 3.25. The van der Waals surface area contributed by atoms with Crippen molar-refractivity contribution in [2.45, 2.75) is 58.6 Å². The number of aryl methyl sites for hydroxylation is 1. The van der Waals surface area contributed by atoms with Crippen molar-refractivity contribution in [1.29, 1.82) is 0 Å². The molecular formula is C32H38N2O3. The molecule has 4 rings (SSSR count). The Balaban J connectivity index is 1.37. The summed E-state index contributed by atoms with van der Waals surface area (Å²) < 4.78 is 20.0. The Bertz CT molecular complexity index is 1320. The van der Waals surface area contributed by atoms with E-state index in [1.54, 1.807) is 7.11 Å². The molecular weight excluding hydrogens is 460 g/mol. The molecule has 0 aliphatic heterocycles. The summed E-state index contributed by atoms with van der Waals surface area (Å²) in [5, 5.41) is 0. The maximum Gasteiger partial charge on any atom is 0.161 e. The first-order valence-electron chi connectivity index (χ1n) is 13.0. The number of fused-ring (bicyclic) bond motifs is 1. The molecule has 0 N–H and O–H groups in total. The van der Waals surface area contributed by atoms with E-state index in [-0.39, 0.29) is 5.41 Å². The summed E-state index contributed by atoms with van der Waals surface area (Å²) in [7, 11) is 1.66. The summed E-state index contributed by atoms with van der Waals surface area (Å²) in [6.07, 6.45) is 4.60. The van der Waals surface area contributed by atoms with E-state index < -0.39 is 0 Å². The highest BCUT2D eigenvalue weighted by atomic mass is 16.5. The van der Waals surface area contributed by atoms with Crippen LogP contribution in [0.15, 0.2) is 79.4 Å². The van der Waals surface area contributed by atoms with Crippen LogP contribution in [0.3, 0.4) is 0 Å². The molecule has 0 saturated heterocycles. The van der Waals surface area contributed by atoms with Gasteiger partial charge in [0.05, 0.1) is 24.8 Å². The normalized spacial score (nSPS) is 11.5. The number of hydrogen-bond donors (Lipinski definition) is 0. The molecule has 1 heterocycles. The molecule has 1 aromatic heterocycles. The number of hydrogen-bond acceptors (Lipinski definition) is 4. The van der Waals surface area contributed by atoms with E-state index in [0.29, 0.717) is 19.0 Å². The number of ether oxygens (including phenoxy) is 3. The maximum atomic E-state index is 6.18. The fourth-order valence-corrected chi connectivity index (χ4v) is 4.37. The Labute approximate surface area is 220 Å². The highest BCUT2D eigenvalue weighted by Crippen LogP contribution is 2.30. The van der Waals surface area contributed by atoms with Crippen LogP contribution in [0.2, 0.25) is 0 Å². The first kappa shape index (κ1) is 26.3. The van der Waals surface area contributed by atoms with Crippen LogP contribution in [0.5, 0.6) is 17.2 Å². The molecule has 37 heavy (non-hydrogen) atoms. The lowest BCUT2D eigenvalue weighted by molar-refractivity contribution is 0.269. The van der Waals surface area contributed by atoms with Gasteiger partial charge in [-0.05, 0) is 72.2 Å². The first-order chi connectivity index (χ1) is 17.9. The van der Waals surface area contributed by atoms with Crippen LogP contribution >= 0.6 is 0 Å². The second-order valence-electron chi connectivity index (χ2n) is 10.3. The van der Waals surface area contributed by atoms with Crippen LogP contribution in [-0.4, -0.2) is 23.3 Å². The number of allylic oxidation sites excluding steroid dienone is 1. The Morgan fingerprint density at radius 3 is 2.43 bits per heavy atom. The third-order valence-corrected chi connectivity index (χ3v) is 6.46. The van der Waals surface area contributed by atoms with Gasteiger partial charge in [0.25, 0.3) is 0 Å². The number of aromatic nitrogens is 2. The lowest BCUT2D eigenvalue weighted by atomic mass is 9.87. The van der Waals surface area contributed by atoms with Gasteiger partial charge in [-0.15, -0.1) is 6.58 Å². The lowest BCUT2D eigenvalue weighted by Crippen LogP contribution is -2.10. The zero-order chi connectivity index (χ0) is 26.3. The SMILES string of the molecule is C=CCc1ccc(OCc2nc3ccccc3n2CCCCOc2ccc(C(C)(C)C)cc2)c(OC)c1. The van der Waals surface area contributed by atoms with Crippen LogP contribution in [0.25, 0.3) is 11.0 Å². The van der Waals surface area contributed by atoms with Crippen molar-refractivity contribution >= 4 is 11.0 Å². The third-order valence-electron chi connectivity index (χ3n) is 6.46. The van der Waals surface area contributed by atoms with Gasteiger partial charge < -0.3 is 18.8 Å². The number of benzene rings is 3. The van der Waals surface area contributed by atoms with E-state index in [0.717, 1.165) is 59.7 Å². The standard InChI is InChI=1S/C32H38N2O3/c1-6-11-24-14-19-29(30(22-24)35-5)37-23-31-33-27-12-7-8-13-28(27)34(31)20-9-10-21-36-26-17-15-25(16-18-26)32(2,3)4/h6-8,12-19,22H,1,9-11,20-21,23H2,2-5H3. The van der Waals surface area contributed by atoms with Gasteiger partial charge in [0.1, 0.15) is 18.2 Å². The van der Waals surface area contributed by atoms with E-state index in [1.165, 1.54) is 5.56 Å². The number of rotatable bonds is 12. The Hall–Kier alpha value is -3.73. The molecule has 0 radical (unpaired) electrons. The van der Waals surface area contributed by atoms with Crippen molar-refractivity contribution in [2.75, 3.05) is 13.7 Å². The van der Waals surface area contributed by atoms with Crippen molar-refractivity contribution in [3.05, 3.63) is 96.3 Å². The molecule has 0 bridgehead atoms. The monoisotopic (exact) mass is 498 g/mol. The molecule has 5 nitrogen and oxygen atoms in total. The second kappa shape index (κ2) is 12.0. The molecule has 0 aliphatic rings. The molecule has 0 spiro atoms. The molecule has 0 unspecified atom stereocenters. The van der Waals surface area contributed by atoms with Crippen molar-refractivity contribution in [3.63, 3.8) is 0 Å². The molecule has 0 atom stereocenters. The van der Waals surface area contributed by atoms with Gasteiger partial charge in [-0.25, -0.2) is 4.98 Å². The fourth-order valence-electron chi connectivity index (χ4n) is 4.37. The van der Waals surface area contributed by atoms with E-state index in [1.807, 2.05) is 36.4 Å². The lowest BCUT2D eigenvalue weighted by Gasteiger charge is -2.19. The molecule has 194 valence electrons. The highest BCUT2D eigenvalue weighted by molar-refractivity contribution is 5.75. The van der Waals surface area contributed by atoms with Crippen LogP contribution in [0.4, 0.5) is 0 Å². The number of unbranched alkanes of at least 4 members (excludes halogenated alkanes) is 1. The molecule has 0 saturated carbocycles. The zero-order valence-corrected chi connectivity index (χ0v) is 22.5. The first-order valence-corrected chi connectivity index (χ1v) is 13.0. The maximum absolute atomic E-state index is 6.18. The summed E-state index contributed by atoms with van der Waals surface area (Å²) in [6, 6.07) is 22.7. The van der Waals surface area contributed by atoms with Crippen molar-refractivity contribution in [1.82, 2.24) is 9.55 Å². The Kier molecular flexibility index (Phi) is 8.54. The number of imidazole rings is 1. The molecule has 0 aliphatic carbocycles. The van der Waals surface area contributed by atoms with Gasteiger partial charge >= 0.3 is 0 Å². The van der Waals surface area contributed by atoms with E-state index >= 15 is 0 Å². The second-order valence-corrected chi connectivity index (χ2v) is 10.3. The molecule has 0 amide bonds. The predicted octanol–water partition coefficient (Wildman–Crippen LogP) is 7.51. The third kappa shape index (κ3) is 6.73. The van der Waals surface area contributed by atoms with E-state index in [2.05, 4.69) is 68.3 Å². The van der Waals surface area contributed by atoms with Crippen molar-refractivity contribution in [3.8, 4) is 17.2 Å². The number of para-hydroxylation sites is 2. The van der Waals surface area contributed by atoms with Gasteiger partial charge in [0, 0.05) is 6.54 Å². The van der Waals surface area contributed by atoms with Crippen LogP contribution in [0, 0.1) is 0 Å². The topological polar surface area (TPSA) is 45.5 Å². The fraction of sp³-hybridized carbons (Fsp3) is 0.344. The van der Waals surface area contributed by atoms with Crippen molar-refractivity contribution in [2.24, 2.45) is 0 Å². The van der Waals surface area contributed by atoms with Gasteiger partial charge in [0.2, 0.25) is 0 Å². The molecule has 5 heteroatoms. The van der Waals surface area contributed by atoms with E-state index in [4.69, 9.17) is 19.2 Å². The summed E-state index contributed by atoms with van der Waals surface area (Å²) in [4.78, 5) is 4.86.